The summed E-state index contributed by atoms with van der Waals surface area (Å²) in [5.74, 6) is 0. The number of aromatic nitrogens is 3. The van der Waals surface area contributed by atoms with Crippen molar-refractivity contribution < 1.29 is 0 Å². The molecular weight excluding hydrogens is 363 g/mol. The summed E-state index contributed by atoms with van der Waals surface area (Å²) in [6.07, 6.45) is 0.884. The van der Waals surface area contributed by atoms with Gasteiger partial charge in [-0.2, -0.15) is 0 Å². The van der Waals surface area contributed by atoms with Crippen LogP contribution in [0.2, 0.25) is 0 Å². The quantitative estimate of drug-likeness (QED) is 0.634. The molecule has 5 nitrogen and oxygen atoms in total. The number of hydrogen-bond donors (Lipinski definition) is 2. The van der Waals surface area contributed by atoms with E-state index in [-0.39, 0.29) is 5.69 Å². The molecule has 0 bridgehead atoms. The molecule has 0 fully saturated rings. The van der Waals surface area contributed by atoms with Gasteiger partial charge in [0.2, 0.25) is 0 Å². The van der Waals surface area contributed by atoms with Crippen LogP contribution >= 0.6 is 34.4 Å². The van der Waals surface area contributed by atoms with Gasteiger partial charge in [0.25, 0.3) is 0 Å². The van der Waals surface area contributed by atoms with Crippen molar-refractivity contribution in [1.82, 2.24) is 14.8 Å². The second-order valence-corrected chi connectivity index (χ2v) is 6.00. The third-order valence-corrected chi connectivity index (χ3v) is 4.10. The summed E-state index contributed by atoms with van der Waals surface area (Å²) >= 11 is 3.61. The fourth-order valence-corrected chi connectivity index (χ4v) is 2.91. The van der Waals surface area contributed by atoms with Crippen LogP contribution in [-0.2, 0) is 6.54 Å². The number of nitrogens with zero attached hydrogens (tertiary/aromatic N) is 2. The molecule has 2 aromatic rings. The first-order chi connectivity index (χ1) is 8.61. The van der Waals surface area contributed by atoms with Gasteiger partial charge in [0.15, 0.2) is 5.16 Å². The van der Waals surface area contributed by atoms with Crippen LogP contribution in [0.15, 0.2) is 33.0 Å². The number of nitrogens with one attached hydrogen (secondary N) is 1. The Hall–Kier alpha value is -0.960. The second kappa shape index (κ2) is 5.79. The van der Waals surface area contributed by atoms with Crippen LogP contribution in [0.4, 0.5) is 5.69 Å². The highest BCUT2D eigenvalue weighted by Gasteiger charge is 2.11. The molecule has 7 heteroatoms. The van der Waals surface area contributed by atoms with Crippen LogP contribution in [0, 0.1) is 3.57 Å². The zero-order chi connectivity index (χ0) is 13.1. The summed E-state index contributed by atoms with van der Waals surface area (Å²) in [4.78, 5) is 12.5. The fraction of sp³-hybridized carbons (Fsp3) is 0.273. The minimum absolute atomic E-state index is 0.177. The van der Waals surface area contributed by atoms with E-state index in [1.165, 1.54) is 11.8 Å². The molecule has 3 N–H and O–H groups in total. The maximum atomic E-state index is 11.6. The van der Waals surface area contributed by atoms with Gasteiger partial charge in [-0.1, -0.05) is 6.92 Å². The lowest BCUT2D eigenvalue weighted by atomic mass is 10.3. The molecule has 0 unspecified atom stereocenters. The highest BCUT2D eigenvalue weighted by atomic mass is 127. The van der Waals surface area contributed by atoms with Crippen molar-refractivity contribution in [2.45, 2.75) is 29.9 Å². The van der Waals surface area contributed by atoms with Crippen molar-refractivity contribution in [3.05, 3.63) is 32.3 Å². The molecule has 1 heterocycles. The van der Waals surface area contributed by atoms with Crippen LogP contribution in [-0.4, -0.2) is 14.8 Å². The Labute approximate surface area is 122 Å². The average molecular weight is 376 g/mol. The first kappa shape index (κ1) is 13.5. The van der Waals surface area contributed by atoms with Crippen LogP contribution in [0.1, 0.15) is 13.3 Å². The number of nitrogens with two attached hydrogens (primary N) is 1. The molecule has 1 aromatic carbocycles. The van der Waals surface area contributed by atoms with Gasteiger partial charge >= 0.3 is 5.69 Å². The van der Waals surface area contributed by atoms with Crippen molar-refractivity contribution >= 4 is 40.0 Å². The average Bonchev–Trinajstić information content (AvgIpc) is 2.66. The van der Waals surface area contributed by atoms with E-state index in [1.807, 2.05) is 25.1 Å². The summed E-state index contributed by atoms with van der Waals surface area (Å²) in [7, 11) is 0. The zero-order valence-corrected chi connectivity index (χ0v) is 12.8. The summed E-state index contributed by atoms with van der Waals surface area (Å²) in [6, 6.07) is 5.82. The van der Waals surface area contributed by atoms with Crippen molar-refractivity contribution in [2.24, 2.45) is 0 Å². The van der Waals surface area contributed by atoms with E-state index in [0.29, 0.717) is 17.4 Å². The first-order valence-corrected chi connectivity index (χ1v) is 7.39. The van der Waals surface area contributed by atoms with E-state index in [9.17, 15) is 4.79 Å². The molecule has 1 aromatic heterocycles. The van der Waals surface area contributed by atoms with E-state index < -0.39 is 0 Å². The maximum absolute atomic E-state index is 11.6. The molecule has 0 aliphatic rings. The van der Waals surface area contributed by atoms with Gasteiger partial charge in [-0.25, -0.2) is 9.89 Å². The molecular formula is C11H13IN4OS. The number of H-pyrrole nitrogens is 1. The molecule has 96 valence electrons. The summed E-state index contributed by atoms with van der Waals surface area (Å²) in [6.45, 7) is 2.68. The van der Waals surface area contributed by atoms with Crippen LogP contribution in [0.25, 0.3) is 0 Å². The van der Waals surface area contributed by atoms with E-state index in [2.05, 4.69) is 32.8 Å². The minimum atomic E-state index is -0.177. The summed E-state index contributed by atoms with van der Waals surface area (Å²) in [5, 5.41) is 7.14. The van der Waals surface area contributed by atoms with Crippen LogP contribution in [0.5, 0.6) is 0 Å². The lowest BCUT2D eigenvalue weighted by molar-refractivity contribution is 0.604. The molecule has 0 atom stereocenters. The molecule has 0 aliphatic carbocycles. The van der Waals surface area contributed by atoms with Crippen molar-refractivity contribution in [3.63, 3.8) is 0 Å². The second-order valence-electron chi connectivity index (χ2n) is 3.75. The van der Waals surface area contributed by atoms with Gasteiger partial charge in [-0.05, 0) is 59.0 Å². The lowest BCUT2D eigenvalue weighted by Crippen LogP contribution is -2.17. The number of anilines is 1. The standard InChI is InChI=1S/C11H13IN4OS/c1-2-5-16-10(17)14-15-11(16)18-9-4-3-7(12)6-8(9)13/h3-4,6H,2,5,13H2,1H3,(H,14,17). The summed E-state index contributed by atoms with van der Waals surface area (Å²) in [5.41, 5.74) is 6.47. The van der Waals surface area contributed by atoms with Crippen molar-refractivity contribution in [2.75, 3.05) is 5.73 Å². The number of aromatic amines is 1. The smallest absolute Gasteiger partial charge is 0.343 e. The lowest BCUT2D eigenvalue weighted by Gasteiger charge is -2.06. The molecule has 0 spiro atoms. The zero-order valence-electron chi connectivity index (χ0n) is 9.81. The molecule has 18 heavy (non-hydrogen) atoms. The minimum Gasteiger partial charge on any atom is -0.398 e. The monoisotopic (exact) mass is 376 g/mol. The van der Waals surface area contributed by atoms with Gasteiger partial charge in [0.05, 0.1) is 0 Å². The number of benzene rings is 1. The topological polar surface area (TPSA) is 76.7 Å². The van der Waals surface area contributed by atoms with Crippen LogP contribution < -0.4 is 11.4 Å². The Morgan fingerprint density at radius 1 is 1.56 bits per heavy atom. The van der Waals surface area contributed by atoms with E-state index in [1.54, 1.807) is 4.57 Å². The number of rotatable bonds is 4. The first-order valence-electron chi connectivity index (χ1n) is 5.50. The molecule has 0 saturated carbocycles. The van der Waals surface area contributed by atoms with Crippen LogP contribution in [0.3, 0.4) is 0 Å². The molecule has 0 radical (unpaired) electrons. The molecule has 0 amide bonds. The molecule has 2 rings (SSSR count). The van der Waals surface area contributed by atoms with Crippen molar-refractivity contribution in [1.29, 1.82) is 0 Å². The number of nitrogen functional groups attached to an aromatic ring is 1. The van der Waals surface area contributed by atoms with Gasteiger partial charge in [0, 0.05) is 20.7 Å². The highest BCUT2D eigenvalue weighted by Crippen LogP contribution is 2.31. The molecule has 0 aliphatic heterocycles. The SMILES string of the molecule is CCCn1c(Sc2ccc(I)cc2N)n[nH]c1=O. The third-order valence-electron chi connectivity index (χ3n) is 2.34. The Kier molecular flexibility index (Phi) is 4.33. The highest BCUT2D eigenvalue weighted by molar-refractivity contribution is 14.1. The normalized spacial score (nSPS) is 10.8. The Balaban J connectivity index is 2.31. The predicted octanol–water partition coefficient (Wildman–Crippen LogP) is 2.32. The van der Waals surface area contributed by atoms with E-state index in [4.69, 9.17) is 5.73 Å². The van der Waals surface area contributed by atoms with Gasteiger partial charge in [0.1, 0.15) is 0 Å². The number of hydrogen-bond acceptors (Lipinski definition) is 4. The Morgan fingerprint density at radius 2 is 2.33 bits per heavy atom. The third kappa shape index (κ3) is 2.89. The van der Waals surface area contributed by atoms with Crippen molar-refractivity contribution in [3.8, 4) is 0 Å². The fourth-order valence-electron chi connectivity index (χ4n) is 1.51. The molecule has 0 saturated heterocycles. The van der Waals surface area contributed by atoms with Gasteiger partial charge in [-0.15, -0.1) is 5.10 Å². The number of halogens is 1. The van der Waals surface area contributed by atoms with Gasteiger partial charge in [-0.3, -0.25) is 4.57 Å². The van der Waals surface area contributed by atoms with Gasteiger partial charge < -0.3 is 5.73 Å². The maximum Gasteiger partial charge on any atom is 0.343 e. The predicted molar refractivity (Wildman–Crippen MR) is 80.8 cm³/mol. The largest absolute Gasteiger partial charge is 0.398 e. The van der Waals surface area contributed by atoms with E-state index >= 15 is 0 Å². The van der Waals surface area contributed by atoms with E-state index in [0.717, 1.165) is 14.9 Å². The Morgan fingerprint density at radius 3 is 3.00 bits per heavy atom. The Bertz CT molecular complexity index is 607. The summed E-state index contributed by atoms with van der Waals surface area (Å²) < 4.78 is 2.71.